The van der Waals surface area contributed by atoms with Crippen molar-refractivity contribution in [3.63, 3.8) is 0 Å². The van der Waals surface area contributed by atoms with E-state index in [0.717, 1.165) is 45.2 Å². The van der Waals surface area contributed by atoms with E-state index in [2.05, 4.69) is 15.5 Å². The largest absolute Gasteiger partial charge is 0.379 e. The Hall–Kier alpha value is -0.850. The summed E-state index contributed by atoms with van der Waals surface area (Å²) in [6.07, 6.45) is 6.31. The molecule has 33 heavy (non-hydrogen) atoms. The molecular formula is C23H42N5O5+. The lowest BCUT2D eigenvalue weighted by molar-refractivity contribution is -0.764. The second kappa shape index (κ2) is 10.4. The first-order valence-electron chi connectivity index (χ1n) is 12.8. The maximum atomic E-state index is 13.1. The standard InChI is InChI=1S/C23H41N5O5/c1-30-18-11-14-15(12-19(18)31-2)25-23(26-21(14)24)28-9-7-27(8-10-28)22(29)20-13-32-16-5-3-4-6-17(16)33-20/h14-21,23,25-26H,3-13,24H2,1-2H3/p+1/t14?,15?,16?,17?,18?,19?,20-,21?,23?/m1/s1. The lowest BCUT2D eigenvalue weighted by Crippen LogP contribution is -3.06. The second-order valence-corrected chi connectivity index (χ2v) is 10.4. The molecule has 0 aromatic carbocycles. The average Bonchev–Trinajstić information content (AvgIpc) is 2.87. The molecule has 3 saturated heterocycles. The Labute approximate surface area is 196 Å². The van der Waals surface area contributed by atoms with Gasteiger partial charge in [0, 0.05) is 52.7 Å². The first kappa shape index (κ1) is 23.9. The summed E-state index contributed by atoms with van der Waals surface area (Å²) >= 11 is 0. The highest BCUT2D eigenvalue weighted by atomic mass is 16.6. The van der Waals surface area contributed by atoms with Crippen LogP contribution in [0.5, 0.6) is 0 Å². The average molecular weight is 469 g/mol. The Balaban J connectivity index is 1.13. The molecule has 1 amide bonds. The number of carbonyl (C=O) groups excluding carboxylic acids is 1. The van der Waals surface area contributed by atoms with Crippen LogP contribution in [-0.4, -0.2) is 112 Å². The van der Waals surface area contributed by atoms with Crippen molar-refractivity contribution in [2.75, 3.05) is 47.0 Å². The van der Waals surface area contributed by atoms with Gasteiger partial charge in [-0.1, -0.05) is 12.8 Å². The van der Waals surface area contributed by atoms with Crippen LogP contribution in [0.25, 0.3) is 0 Å². The maximum absolute atomic E-state index is 13.1. The molecule has 3 aliphatic heterocycles. The van der Waals surface area contributed by atoms with Gasteiger partial charge in [-0.3, -0.25) is 4.79 Å². The minimum absolute atomic E-state index is 0.0728. The quantitative estimate of drug-likeness (QED) is 0.452. The van der Waals surface area contributed by atoms with Crippen LogP contribution in [0.1, 0.15) is 38.5 Å². The molecule has 10 nitrogen and oxygen atoms in total. The van der Waals surface area contributed by atoms with Crippen molar-refractivity contribution in [1.82, 2.24) is 15.1 Å². The molecular weight excluding hydrogens is 426 g/mol. The number of rotatable bonds is 4. The maximum Gasteiger partial charge on any atom is 0.254 e. The third kappa shape index (κ3) is 4.95. The molecule has 0 aromatic heterocycles. The number of hydrogen-bond donors (Lipinski definition) is 3. The highest BCUT2D eigenvalue weighted by Gasteiger charge is 2.48. The summed E-state index contributed by atoms with van der Waals surface area (Å²) in [7, 11) is 3.52. The van der Waals surface area contributed by atoms with Gasteiger partial charge < -0.3 is 34.9 Å². The predicted molar refractivity (Wildman–Crippen MR) is 120 cm³/mol. The van der Waals surface area contributed by atoms with Crippen molar-refractivity contribution in [1.29, 1.82) is 0 Å². The number of nitrogens with one attached hydrogen (secondary N) is 1. The van der Waals surface area contributed by atoms with Crippen molar-refractivity contribution in [3.8, 4) is 0 Å². The zero-order valence-corrected chi connectivity index (χ0v) is 20.1. The first-order valence-corrected chi connectivity index (χ1v) is 12.8. The van der Waals surface area contributed by atoms with Crippen molar-refractivity contribution >= 4 is 5.91 Å². The van der Waals surface area contributed by atoms with Gasteiger partial charge in [-0.05, 0) is 19.3 Å². The van der Waals surface area contributed by atoms with Crippen molar-refractivity contribution in [2.45, 2.75) is 87.5 Å². The van der Waals surface area contributed by atoms with E-state index < -0.39 is 6.10 Å². The molecule has 188 valence electrons. The molecule has 2 saturated carbocycles. The summed E-state index contributed by atoms with van der Waals surface area (Å²) in [6.45, 7) is 3.43. The highest BCUT2D eigenvalue weighted by molar-refractivity contribution is 5.81. The monoisotopic (exact) mass is 468 g/mol. The fourth-order valence-electron chi connectivity index (χ4n) is 6.58. The van der Waals surface area contributed by atoms with E-state index in [1.165, 1.54) is 6.42 Å². The molecule has 8 unspecified atom stereocenters. The number of methoxy groups -OCH3 is 2. The number of ether oxygens (including phenoxy) is 4. The molecule has 2 aliphatic carbocycles. The summed E-state index contributed by atoms with van der Waals surface area (Å²) in [5, 5.41) is 6.01. The van der Waals surface area contributed by atoms with Crippen LogP contribution in [-0.2, 0) is 23.7 Å². The highest BCUT2D eigenvalue weighted by Crippen LogP contribution is 2.31. The zero-order valence-electron chi connectivity index (χ0n) is 20.1. The number of nitrogens with two attached hydrogens (primary N) is 2. The van der Waals surface area contributed by atoms with Crippen LogP contribution < -0.4 is 16.4 Å². The lowest BCUT2D eigenvalue weighted by atomic mass is 9.78. The number of amides is 1. The molecule has 0 aromatic rings. The number of quaternary nitrogens is 1. The number of hydrogen-bond acceptors (Lipinski definition) is 8. The van der Waals surface area contributed by atoms with Crippen LogP contribution in [0.4, 0.5) is 0 Å². The molecule has 5 N–H and O–H groups in total. The SMILES string of the molecule is COC1CC2[NH2+]C(N3CCN(C(=O)[C@H]4COC5CCCCC5O4)CC3)NC(N)C2CC1OC. The third-order valence-electron chi connectivity index (χ3n) is 8.57. The summed E-state index contributed by atoms with van der Waals surface area (Å²) in [5.74, 6) is 0.435. The van der Waals surface area contributed by atoms with E-state index in [1.807, 2.05) is 4.90 Å². The fourth-order valence-corrected chi connectivity index (χ4v) is 6.58. The molecule has 5 fully saturated rings. The van der Waals surface area contributed by atoms with E-state index in [1.54, 1.807) is 14.2 Å². The summed E-state index contributed by atoms with van der Waals surface area (Å²) < 4.78 is 23.5. The normalized spacial score (nSPS) is 44.7. The zero-order chi connectivity index (χ0) is 22.9. The Kier molecular flexibility index (Phi) is 7.53. The van der Waals surface area contributed by atoms with E-state index in [-0.39, 0.29) is 42.8 Å². The molecule has 3 heterocycles. The number of carbonyl (C=O) groups is 1. The second-order valence-electron chi connectivity index (χ2n) is 10.4. The van der Waals surface area contributed by atoms with Gasteiger partial charge >= 0.3 is 0 Å². The van der Waals surface area contributed by atoms with Gasteiger partial charge in [-0.15, -0.1) is 0 Å². The lowest BCUT2D eigenvalue weighted by Gasteiger charge is -2.49. The van der Waals surface area contributed by atoms with Gasteiger partial charge in [-0.25, -0.2) is 10.2 Å². The van der Waals surface area contributed by atoms with E-state index >= 15 is 0 Å². The molecule has 0 spiro atoms. The van der Waals surface area contributed by atoms with Crippen molar-refractivity contribution < 1.29 is 29.1 Å². The van der Waals surface area contributed by atoms with Gasteiger partial charge in [-0.2, -0.15) is 0 Å². The Morgan fingerprint density at radius 2 is 1.73 bits per heavy atom. The third-order valence-corrected chi connectivity index (χ3v) is 8.57. The minimum atomic E-state index is -0.452. The Morgan fingerprint density at radius 3 is 2.45 bits per heavy atom. The van der Waals surface area contributed by atoms with Crippen LogP contribution in [0.15, 0.2) is 0 Å². The van der Waals surface area contributed by atoms with Gasteiger partial charge in [0.05, 0.1) is 43.2 Å². The summed E-state index contributed by atoms with van der Waals surface area (Å²) in [6, 6.07) is 0.401. The minimum Gasteiger partial charge on any atom is -0.379 e. The van der Waals surface area contributed by atoms with Crippen molar-refractivity contribution in [2.24, 2.45) is 11.7 Å². The van der Waals surface area contributed by atoms with Crippen molar-refractivity contribution in [3.05, 3.63) is 0 Å². The van der Waals surface area contributed by atoms with Gasteiger partial charge in [0.25, 0.3) is 5.91 Å². The van der Waals surface area contributed by atoms with Crippen LogP contribution >= 0.6 is 0 Å². The number of nitrogens with zero attached hydrogens (tertiary/aromatic N) is 2. The predicted octanol–water partition coefficient (Wildman–Crippen LogP) is -1.60. The smallest absolute Gasteiger partial charge is 0.254 e. The van der Waals surface area contributed by atoms with E-state index in [0.29, 0.717) is 31.7 Å². The topological polar surface area (TPSA) is 115 Å². The molecule has 5 aliphatic rings. The fraction of sp³-hybridized carbons (Fsp3) is 0.957. The molecule has 9 atom stereocenters. The van der Waals surface area contributed by atoms with Crippen LogP contribution in [0, 0.1) is 5.92 Å². The molecule has 5 rings (SSSR count). The molecule has 0 radical (unpaired) electrons. The summed E-state index contributed by atoms with van der Waals surface area (Å²) in [5.41, 5.74) is 6.57. The first-order chi connectivity index (χ1) is 16.1. The van der Waals surface area contributed by atoms with Gasteiger partial charge in [0.1, 0.15) is 0 Å². The Morgan fingerprint density at radius 1 is 1.03 bits per heavy atom. The number of fused-ring (bicyclic) bond motifs is 2. The summed E-state index contributed by atoms with van der Waals surface area (Å²) in [4.78, 5) is 17.5. The van der Waals surface area contributed by atoms with Crippen LogP contribution in [0.3, 0.4) is 0 Å². The van der Waals surface area contributed by atoms with E-state index in [4.69, 9.17) is 24.7 Å². The number of piperazine rings is 1. The van der Waals surface area contributed by atoms with Crippen LogP contribution in [0.2, 0.25) is 0 Å². The van der Waals surface area contributed by atoms with E-state index in [9.17, 15) is 4.79 Å². The van der Waals surface area contributed by atoms with Gasteiger partial charge in [0.15, 0.2) is 6.10 Å². The van der Waals surface area contributed by atoms with Gasteiger partial charge in [0.2, 0.25) is 6.29 Å². The Bertz CT molecular complexity index is 678. The molecule has 0 bridgehead atoms. The molecule has 10 heteroatoms.